The summed E-state index contributed by atoms with van der Waals surface area (Å²) in [5.74, 6) is -1.30. The first-order valence-corrected chi connectivity index (χ1v) is 6.58. The van der Waals surface area contributed by atoms with Crippen molar-refractivity contribution >= 4 is 21.9 Å². The Morgan fingerprint density at radius 3 is 2.14 bits per heavy atom. The van der Waals surface area contributed by atoms with Gasteiger partial charge in [0.25, 0.3) is 0 Å². The zero-order chi connectivity index (χ0) is 11.4. The van der Waals surface area contributed by atoms with Crippen molar-refractivity contribution in [3.05, 3.63) is 0 Å². The minimum absolute atomic E-state index is 0.466. The van der Waals surface area contributed by atoms with Crippen LogP contribution in [0.5, 0.6) is 0 Å². The quantitative estimate of drug-likeness (QED) is 0.367. The van der Waals surface area contributed by atoms with Crippen molar-refractivity contribution in [3.63, 3.8) is 0 Å². The Bertz CT molecular complexity index is 238. The van der Waals surface area contributed by atoms with Gasteiger partial charge in [0.2, 0.25) is 0 Å². The number of nitrogens with zero attached hydrogens (tertiary/aromatic N) is 1. The first-order chi connectivity index (χ1) is 6.20. The lowest BCUT2D eigenvalue weighted by Crippen LogP contribution is -2.30. The largest absolute Gasteiger partial charge is 0.480 e. The normalized spacial score (nSPS) is 12.4. The van der Waals surface area contributed by atoms with E-state index in [2.05, 4.69) is 0 Å². The average molecular weight is 247 g/mol. The topological polar surface area (TPSA) is 139 Å². The third-order valence-electron chi connectivity index (χ3n) is 1.07. The van der Waals surface area contributed by atoms with E-state index in [1.807, 2.05) is 0 Å². The van der Waals surface area contributed by atoms with Gasteiger partial charge in [-0.15, -0.1) is 0 Å². The predicted octanol–water partition coefficient (Wildman–Crippen LogP) is -1.24. The highest BCUT2D eigenvalue weighted by molar-refractivity contribution is 7.51. The highest BCUT2D eigenvalue weighted by atomic mass is 31.2. The molecule has 14 heavy (non-hydrogen) atoms. The van der Waals surface area contributed by atoms with Gasteiger partial charge in [0.05, 0.1) is 12.8 Å². The lowest BCUT2D eigenvalue weighted by atomic mass is 10.6. The fourth-order valence-electron chi connectivity index (χ4n) is 0.775. The maximum absolute atomic E-state index is 10.5. The number of carbonyl (C=O) groups is 1. The lowest BCUT2D eigenvalue weighted by Gasteiger charge is -2.20. The second-order valence-electron chi connectivity index (χ2n) is 2.54. The number of rotatable bonds is 6. The summed E-state index contributed by atoms with van der Waals surface area (Å²) in [6.45, 7) is -0.648. The molecule has 0 bridgehead atoms. The number of aliphatic carboxylic acids is 1. The van der Waals surface area contributed by atoms with Crippen molar-refractivity contribution in [1.82, 2.24) is 4.90 Å². The first kappa shape index (κ1) is 13.9. The van der Waals surface area contributed by atoms with Gasteiger partial charge in [-0.1, -0.05) is 0 Å². The van der Waals surface area contributed by atoms with Crippen molar-refractivity contribution in [2.24, 2.45) is 0 Å². The Labute approximate surface area is 80.9 Å². The fraction of sp³-hybridized carbons (Fsp3) is 0.750. The van der Waals surface area contributed by atoms with Crippen LogP contribution in [0.15, 0.2) is 0 Å². The zero-order valence-corrected chi connectivity index (χ0v) is 8.80. The van der Waals surface area contributed by atoms with E-state index in [9.17, 15) is 9.36 Å². The van der Waals surface area contributed by atoms with E-state index in [0.717, 1.165) is 4.90 Å². The van der Waals surface area contributed by atoms with E-state index >= 15 is 0 Å². The molecule has 0 spiro atoms. The molecule has 0 heterocycles. The molecule has 0 aromatic rings. The van der Waals surface area contributed by atoms with E-state index in [1.54, 1.807) is 0 Å². The number of hydrogen-bond donors (Lipinski definition) is 5. The van der Waals surface area contributed by atoms with Crippen LogP contribution in [0.3, 0.4) is 0 Å². The Kier molecular flexibility index (Phi) is 5.70. The summed E-state index contributed by atoms with van der Waals surface area (Å²) in [7, 11) is -6.79. The van der Waals surface area contributed by atoms with Gasteiger partial charge in [0.15, 0.2) is 8.38 Å². The monoisotopic (exact) mass is 247 g/mol. The number of hydrogen-bond acceptors (Lipinski definition) is 5. The predicted molar refractivity (Wildman–Crippen MR) is 47.5 cm³/mol. The molecule has 0 radical (unpaired) electrons. The van der Waals surface area contributed by atoms with Crippen LogP contribution in [0.2, 0.25) is 0 Å². The zero-order valence-electron chi connectivity index (χ0n) is 7.02. The second-order valence-corrected chi connectivity index (χ2v) is 5.18. The molecular formula is C4H11NO7P2. The molecule has 0 saturated heterocycles. The summed E-state index contributed by atoms with van der Waals surface area (Å²) in [6.07, 6.45) is -1.27. The fourth-order valence-corrected chi connectivity index (χ4v) is 2.21. The smallest absolute Gasteiger partial charge is 0.339 e. The molecule has 84 valence electrons. The van der Waals surface area contributed by atoms with E-state index in [4.69, 9.17) is 24.7 Å². The maximum Gasteiger partial charge on any atom is 0.339 e. The van der Waals surface area contributed by atoms with Crippen molar-refractivity contribution in [2.45, 2.75) is 0 Å². The van der Waals surface area contributed by atoms with Crippen LogP contribution < -0.4 is 0 Å². The third kappa shape index (κ3) is 8.52. The Hall–Kier alpha value is -0.0700. The van der Waals surface area contributed by atoms with Gasteiger partial charge in [-0.25, -0.2) is 0 Å². The van der Waals surface area contributed by atoms with E-state index in [-0.39, 0.29) is 0 Å². The molecule has 0 unspecified atom stereocenters. The number of carboxylic acids is 1. The molecule has 0 rings (SSSR count). The molecule has 0 aliphatic rings. The molecule has 0 saturated carbocycles. The summed E-state index contributed by atoms with van der Waals surface area (Å²) in [5.41, 5.74) is 0. The maximum atomic E-state index is 10.5. The molecule has 0 aliphatic carbocycles. The molecule has 8 nitrogen and oxygen atoms in total. The van der Waals surface area contributed by atoms with Gasteiger partial charge >= 0.3 is 13.6 Å². The standard InChI is InChI=1S/C4H11NO7P2/c6-4(7)1-5(2-13(8)9)3-14(10,11)12/h8-9H,1-3H2,(H,6,7)(H2,10,11,12). The van der Waals surface area contributed by atoms with Gasteiger partial charge in [0, 0.05) is 0 Å². The van der Waals surface area contributed by atoms with Crippen LogP contribution in [0.1, 0.15) is 0 Å². The molecule has 0 fully saturated rings. The van der Waals surface area contributed by atoms with Crippen molar-refractivity contribution in [3.8, 4) is 0 Å². The van der Waals surface area contributed by atoms with Crippen LogP contribution in [0.25, 0.3) is 0 Å². The van der Waals surface area contributed by atoms with Gasteiger partial charge in [-0.2, -0.15) is 0 Å². The molecule has 0 aromatic heterocycles. The SMILES string of the molecule is O=C(O)CN(CP(O)O)CP(=O)(O)O. The highest BCUT2D eigenvalue weighted by Crippen LogP contribution is 2.37. The van der Waals surface area contributed by atoms with E-state index < -0.39 is 41.1 Å². The van der Waals surface area contributed by atoms with Crippen LogP contribution in [-0.2, 0) is 9.36 Å². The Morgan fingerprint density at radius 2 is 1.86 bits per heavy atom. The summed E-state index contributed by atoms with van der Waals surface area (Å²) in [4.78, 5) is 45.2. The summed E-state index contributed by atoms with van der Waals surface area (Å²) in [6, 6.07) is 0. The van der Waals surface area contributed by atoms with Gasteiger partial charge in [0.1, 0.15) is 6.29 Å². The van der Waals surface area contributed by atoms with Crippen LogP contribution >= 0.6 is 16.0 Å². The third-order valence-corrected chi connectivity index (χ3v) is 2.49. The van der Waals surface area contributed by atoms with Gasteiger partial charge < -0.3 is 24.7 Å². The molecule has 10 heteroatoms. The van der Waals surface area contributed by atoms with Crippen molar-refractivity contribution < 1.29 is 34.0 Å². The molecule has 0 aliphatic heterocycles. The first-order valence-electron chi connectivity index (χ1n) is 3.34. The summed E-state index contributed by atoms with van der Waals surface area (Å²) in [5, 5.41) is 8.34. The summed E-state index contributed by atoms with van der Waals surface area (Å²) < 4.78 is 10.5. The van der Waals surface area contributed by atoms with Gasteiger partial charge in [-0.3, -0.25) is 14.3 Å². The summed E-state index contributed by atoms with van der Waals surface area (Å²) >= 11 is 0. The van der Waals surface area contributed by atoms with Crippen molar-refractivity contribution in [1.29, 1.82) is 0 Å². The second kappa shape index (κ2) is 5.72. The van der Waals surface area contributed by atoms with Crippen LogP contribution in [0, 0.1) is 0 Å². The average Bonchev–Trinajstić information content (AvgIpc) is 1.77. The Morgan fingerprint density at radius 1 is 1.36 bits per heavy atom. The highest BCUT2D eigenvalue weighted by Gasteiger charge is 2.22. The van der Waals surface area contributed by atoms with Crippen LogP contribution in [0.4, 0.5) is 0 Å². The van der Waals surface area contributed by atoms with Crippen molar-refractivity contribution in [2.75, 3.05) is 19.1 Å². The number of carboxylic acid groups (broad SMARTS) is 1. The molecule has 0 atom stereocenters. The minimum atomic E-state index is -4.38. The lowest BCUT2D eigenvalue weighted by molar-refractivity contribution is -0.137. The van der Waals surface area contributed by atoms with E-state index in [1.165, 1.54) is 0 Å². The molecular weight excluding hydrogens is 236 g/mol. The molecule has 0 aromatic carbocycles. The Balaban J connectivity index is 4.25. The molecule has 5 N–H and O–H groups in total. The minimum Gasteiger partial charge on any atom is -0.480 e. The van der Waals surface area contributed by atoms with Gasteiger partial charge in [-0.05, 0) is 0 Å². The van der Waals surface area contributed by atoms with Crippen LogP contribution in [-0.4, -0.2) is 54.7 Å². The molecule has 0 amide bonds. The van der Waals surface area contributed by atoms with E-state index in [0.29, 0.717) is 0 Å².